The number of methoxy groups -OCH3 is 1. The predicted molar refractivity (Wildman–Crippen MR) is 135 cm³/mol. The summed E-state index contributed by atoms with van der Waals surface area (Å²) < 4.78 is 17.1. The van der Waals surface area contributed by atoms with Gasteiger partial charge in [0.15, 0.2) is 17.9 Å². The number of hydrogen-bond donors (Lipinski definition) is 5. The van der Waals surface area contributed by atoms with Crippen LogP contribution in [-0.4, -0.2) is 80.9 Å². The van der Waals surface area contributed by atoms with Crippen LogP contribution >= 0.6 is 11.6 Å². The molecule has 0 unspecified atom stereocenters. The Morgan fingerprint density at radius 1 is 1.18 bits per heavy atom. The summed E-state index contributed by atoms with van der Waals surface area (Å²) in [5.41, 5.74) is 2.69. The smallest absolute Gasteiger partial charge is 0.202 e. The maximum Gasteiger partial charge on any atom is 0.202 e. The van der Waals surface area contributed by atoms with E-state index in [1.165, 1.54) is 25.3 Å². The van der Waals surface area contributed by atoms with Gasteiger partial charge in [-0.3, -0.25) is 14.4 Å². The van der Waals surface area contributed by atoms with Crippen LogP contribution in [0.2, 0.25) is 0 Å². The van der Waals surface area contributed by atoms with E-state index in [4.69, 9.17) is 31.5 Å². The number of aromatic hydroxyl groups is 2. The van der Waals surface area contributed by atoms with Crippen molar-refractivity contribution in [3.05, 3.63) is 51.6 Å². The lowest BCUT2D eigenvalue weighted by molar-refractivity contribution is -0.247. The van der Waals surface area contributed by atoms with Gasteiger partial charge in [0.2, 0.25) is 5.78 Å². The van der Waals surface area contributed by atoms with Crippen molar-refractivity contribution in [3.8, 4) is 17.2 Å². The second-order valence-electron chi connectivity index (χ2n) is 10.1. The highest BCUT2D eigenvalue weighted by Gasteiger charge is 2.50. The van der Waals surface area contributed by atoms with E-state index < -0.39 is 94.9 Å². The first-order valence-electron chi connectivity index (χ1n) is 12.4. The molecule has 0 spiro atoms. The number of phenols is 2. The molecule has 6 N–H and O–H groups in total. The molecular formula is C27H28ClNO10. The van der Waals surface area contributed by atoms with E-state index in [1.807, 2.05) is 0 Å². The van der Waals surface area contributed by atoms with E-state index in [9.17, 15) is 34.8 Å². The molecule has 1 aliphatic heterocycles. The lowest BCUT2D eigenvalue weighted by Gasteiger charge is -2.42. The van der Waals surface area contributed by atoms with Gasteiger partial charge in [-0.05, 0) is 13.0 Å². The normalized spacial score (nSPS) is 29.8. The molecule has 3 aliphatic rings. The number of benzene rings is 2. The number of hydrogen-bond acceptors (Lipinski definition) is 11. The Labute approximate surface area is 228 Å². The van der Waals surface area contributed by atoms with E-state index in [2.05, 4.69) is 0 Å². The number of ether oxygens (including phenoxy) is 3. The zero-order valence-electron chi connectivity index (χ0n) is 21.1. The average molecular weight is 562 g/mol. The molecule has 2 aromatic carbocycles. The molecule has 0 aromatic heterocycles. The largest absolute Gasteiger partial charge is 0.507 e. The van der Waals surface area contributed by atoms with Gasteiger partial charge in [-0.2, -0.15) is 0 Å². The Balaban J connectivity index is 1.69. The van der Waals surface area contributed by atoms with Crippen LogP contribution < -0.4 is 10.5 Å². The van der Waals surface area contributed by atoms with Crippen molar-refractivity contribution in [1.29, 1.82) is 0 Å². The minimum absolute atomic E-state index is 0.0330. The van der Waals surface area contributed by atoms with Gasteiger partial charge in [0, 0.05) is 42.0 Å². The number of carbonyl (C=O) groups excluding carboxylic acids is 3. The molecule has 5 rings (SSSR count). The third-order valence-corrected chi connectivity index (χ3v) is 8.03. The van der Waals surface area contributed by atoms with Crippen LogP contribution in [0.4, 0.5) is 0 Å². The fourth-order valence-electron chi connectivity index (χ4n) is 5.73. The number of Topliss-reactive ketones (excluding diaryl/α,β-unsaturated/α-hetero) is 1. The molecule has 6 atom stereocenters. The Morgan fingerprint density at radius 2 is 1.87 bits per heavy atom. The fourth-order valence-corrected chi connectivity index (χ4v) is 5.98. The molecule has 1 heterocycles. The number of aliphatic hydroxyl groups is 2. The second kappa shape index (κ2) is 9.84. The summed E-state index contributed by atoms with van der Waals surface area (Å²) >= 11 is 5.77. The summed E-state index contributed by atoms with van der Waals surface area (Å²) in [6.07, 6.45) is -4.83. The van der Waals surface area contributed by atoms with Crippen LogP contribution in [0.3, 0.4) is 0 Å². The van der Waals surface area contributed by atoms with E-state index in [1.54, 1.807) is 6.92 Å². The van der Waals surface area contributed by atoms with Crippen molar-refractivity contribution in [3.63, 3.8) is 0 Å². The lowest BCUT2D eigenvalue weighted by atomic mass is 9.72. The summed E-state index contributed by atoms with van der Waals surface area (Å²) in [5, 5.41) is 44.3. The molecule has 1 fully saturated rings. The summed E-state index contributed by atoms with van der Waals surface area (Å²) in [6.45, 7) is 1.59. The Bertz CT molecular complexity index is 1380. The number of ketones is 3. The van der Waals surface area contributed by atoms with Crippen LogP contribution in [0, 0.1) is 0 Å². The Hall–Kier alpha value is -3.06. The third-order valence-electron chi connectivity index (χ3n) is 7.78. The molecule has 0 saturated carbocycles. The molecule has 12 heteroatoms. The first-order chi connectivity index (χ1) is 18.4. The van der Waals surface area contributed by atoms with Gasteiger partial charge in [0.1, 0.15) is 22.8 Å². The van der Waals surface area contributed by atoms with Crippen molar-refractivity contribution in [2.45, 2.75) is 62.4 Å². The average Bonchev–Trinajstić information content (AvgIpc) is 2.90. The first kappa shape index (κ1) is 27.5. The molecule has 0 radical (unpaired) electrons. The monoisotopic (exact) mass is 561 g/mol. The minimum Gasteiger partial charge on any atom is -0.507 e. The molecule has 208 valence electrons. The van der Waals surface area contributed by atoms with Crippen molar-refractivity contribution in [2.24, 2.45) is 5.73 Å². The van der Waals surface area contributed by atoms with E-state index in [0.717, 1.165) is 0 Å². The SMILES string of the molecule is COc1cccc2c1C(=O)c1c(O)c3c(c(O)c1C2=O)C[C@](O)(C(=O)CCl)C[C@@H]3O[C@@H]1C[C@H](N)[C@@H](O)[C@@H](C)O1. The van der Waals surface area contributed by atoms with Crippen molar-refractivity contribution >= 4 is 29.0 Å². The van der Waals surface area contributed by atoms with Gasteiger partial charge in [-0.1, -0.05) is 12.1 Å². The zero-order chi connectivity index (χ0) is 28.4. The number of alkyl halides is 1. The predicted octanol–water partition coefficient (Wildman–Crippen LogP) is 1.25. The lowest BCUT2D eigenvalue weighted by Crippen LogP contribution is -2.52. The second-order valence-corrected chi connectivity index (χ2v) is 10.4. The molecule has 2 aromatic rings. The Morgan fingerprint density at radius 3 is 2.51 bits per heavy atom. The minimum atomic E-state index is -2.12. The summed E-state index contributed by atoms with van der Waals surface area (Å²) in [6, 6.07) is 3.69. The maximum absolute atomic E-state index is 13.7. The van der Waals surface area contributed by atoms with E-state index >= 15 is 0 Å². The van der Waals surface area contributed by atoms with Crippen LogP contribution in [0.1, 0.15) is 68.8 Å². The number of nitrogens with two attached hydrogens (primary N) is 1. The van der Waals surface area contributed by atoms with Crippen molar-refractivity contribution in [2.75, 3.05) is 13.0 Å². The highest BCUT2D eigenvalue weighted by atomic mass is 35.5. The molecule has 1 saturated heterocycles. The fraction of sp³-hybridized carbons (Fsp3) is 0.444. The number of fused-ring (bicyclic) bond motifs is 3. The van der Waals surface area contributed by atoms with Crippen LogP contribution in [-0.2, 0) is 20.7 Å². The summed E-state index contributed by atoms with van der Waals surface area (Å²) in [7, 11) is 1.33. The van der Waals surface area contributed by atoms with Crippen molar-refractivity contribution in [1.82, 2.24) is 0 Å². The number of aliphatic hydroxyl groups excluding tert-OH is 1. The number of phenolic OH excluding ortho intramolecular Hbond substituents is 2. The van der Waals surface area contributed by atoms with Gasteiger partial charge in [0.05, 0.1) is 48.0 Å². The zero-order valence-corrected chi connectivity index (χ0v) is 21.9. The molecule has 2 aliphatic carbocycles. The van der Waals surface area contributed by atoms with Gasteiger partial charge in [-0.25, -0.2) is 0 Å². The van der Waals surface area contributed by atoms with Gasteiger partial charge >= 0.3 is 0 Å². The van der Waals surface area contributed by atoms with Crippen LogP contribution in [0.25, 0.3) is 0 Å². The quantitative estimate of drug-likeness (QED) is 0.223. The van der Waals surface area contributed by atoms with Gasteiger partial charge in [0.25, 0.3) is 0 Å². The maximum atomic E-state index is 13.7. The van der Waals surface area contributed by atoms with Crippen LogP contribution in [0.15, 0.2) is 18.2 Å². The number of rotatable bonds is 5. The molecule has 0 amide bonds. The van der Waals surface area contributed by atoms with E-state index in [0.29, 0.717) is 0 Å². The molecule has 11 nitrogen and oxygen atoms in total. The van der Waals surface area contributed by atoms with E-state index in [-0.39, 0.29) is 34.4 Å². The highest BCUT2D eigenvalue weighted by molar-refractivity contribution is 6.31. The highest BCUT2D eigenvalue weighted by Crippen LogP contribution is 2.52. The Kier molecular flexibility index (Phi) is 6.94. The number of halogens is 1. The van der Waals surface area contributed by atoms with Crippen molar-refractivity contribution < 1.29 is 49.0 Å². The number of carbonyl (C=O) groups is 3. The third kappa shape index (κ3) is 4.21. The standard InChI is InChI=1S/C27H28ClNO10/c1-10-22(31)13(29)6-17(38-10)39-15-8-27(36,16(30)9-28)7-12-19(15)26(35)21-20(24(12)33)23(32)11-4-3-5-14(37-2)18(11)25(21)34/h3-5,10,13,15,17,22,31,33,35-36H,6-9,29H2,1-2H3/t10-,13+,15+,17-,22+,27-/m1/s1. The summed E-state index contributed by atoms with van der Waals surface area (Å²) in [4.78, 5) is 39.9. The summed E-state index contributed by atoms with van der Waals surface area (Å²) in [5.74, 6) is -3.99. The van der Waals surface area contributed by atoms with Gasteiger partial charge in [-0.15, -0.1) is 11.6 Å². The topological polar surface area (TPSA) is 186 Å². The van der Waals surface area contributed by atoms with Gasteiger partial charge < -0.3 is 40.4 Å². The molecule has 39 heavy (non-hydrogen) atoms. The molecule has 0 bridgehead atoms. The first-order valence-corrected chi connectivity index (χ1v) is 12.9. The van der Waals surface area contributed by atoms with Crippen LogP contribution in [0.5, 0.6) is 17.2 Å². The molecular weight excluding hydrogens is 534 g/mol.